The van der Waals surface area contributed by atoms with Crippen LogP contribution in [-0.2, 0) is 40.1 Å². The molecule has 0 N–H and O–H groups in total. The average molecular weight is 1310 g/mol. The van der Waals surface area contributed by atoms with Crippen LogP contribution < -0.4 is 24.8 Å². The van der Waals surface area contributed by atoms with Crippen molar-refractivity contribution in [3.05, 3.63) is 263 Å². The standard InChI is InChI=1S/4C15H11.2C2H6Si.2ClH.2Hf/c4*1-2-6-12(7-3-1)14-10-4-8-13-9-5-11-15(13)14;2*1-3-2;;;;/h4*1-11H;2*1-2H3;2*1H;;/p-2. The van der Waals surface area contributed by atoms with Crippen LogP contribution in [0.5, 0.6) is 0 Å². The molecule has 4 unspecified atom stereocenters. The van der Waals surface area contributed by atoms with Gasteiger partial charge in [-0.15, -0.1) is 0 Å². The number of fused-ring (bicyclic) bond motifs is 4. The summed E-state index contributed by atoms with van der Waals surface area (Å²) >= 11 is -4.29. The molecule has 0 saturated carbocycles. The van der Waals surface area contributed by atoms with Crippen molar-refractivity contribution in [2.45, 2.75) is 40.9 Å². The van der Waals surface area contributed by atoms with Crippen LogP contribution in [0.2, 0.25) is 26.2 Å². The summed E-state index contributed by atoms with van der Waals surface area (Å²) in [6.07, 6.45) is 20.1. The molecule has 4 aliphatic rings. The van der Waals surface area contributed by atoms with Crippen LogP contribution in [0.15, 0.2) is 218 Å². The fraction of sp³-hybridized carbons (Fsp3) is 0.125. The third kappa shape index (κ3) is 9.74. The molecule has 4 atom stereocenters. The second-order valence-corrected chi connectivity index (χ2v) is 69.4. The van der Waals surface area contributed by atoms with Crippen molar-refractivity contribution < 1.29 is 64.9 Å². The first-order valence-corrected chi connectivity index (χ1v) is 48.3. The Balaban J connectivity index is 0.000000169. The zero-order valence-corrected chi connectivity index (χ0v) is 50.9. The van der Waals surface area contributed by atoms with Crippen molar-refractivity contribution in [1.29, 1.82) is 0 Å². The van der Waals surface area contributed by atoms with E-state index in [2.05, 4.69) is 269 Å². The van der Waals surface area contributed by atoms with Gasteiger partial charge in [0.15, 0.2) is 0 Å². The maximum absolute atomic E-state index is 2.59. The SMILES string of the molecule is C[Si](C)=[Hf]([CH]1C=Cc2c(-c3ccccc3)cccc21)[CH]1C=Cc2c(-c3ccccc3)cccc21.C[Si](C)=[Hf]([CH]1C=Cc2c(-c3ccccc3)cccc21)[CH]1C=Cc2c(-c3ccccc3)cccc21.[Cl-].[Cl-]. The summed E-state index contributed by atoms with van der Waals surface area (Å²) in [7, 11) is 0. The van der Waals surface area contributed by atoms with Crippen LogP contribution in [0.3, 0.4) is 0 Å². The van der Waals surface area contributed by atoms with E-state index in [4.69, 9.17) is 0 Å². The van der Waals surface area contributed by atoms with Crippen molar-refractivity contribution in [3.63, 3.8) is 0 Å². The predicted octanol–water partition coefficient (Wildman–Crippen LogP) is 11.5. The fourth-order valence-corrected chi connectivity index (χ4v) is 64.7. The molecule has 0 aromatic heterocycles. The van der Waals surface area contributed by atoms with Crippen molar-refractivity contribution in [3.8, 4) is 44.5 Å². The number of allylic oxidation sites excluding steroid dienone is 4. The Kier molecular flexibility index (Phi) is 16.2. The average Bonchev–Trinajstić information content (AvgIpc) is 4.22. The zero-order chi connectivity index (χ0) is 46.1. The van der Waals surface area contributed by atoms with Crippen LogP contribution in [0.4, 0.5) is 0 Å². The van der Waals surface area contributed by atoms with Gasteiger partial charge in [-0.1, -0.05) is 0 Å². The van der Waals surface area contributed by atoms with Gasteiger partial charge in [-0.3, -0.25) is 0 Å². The third-order valence-electron chi connectivity index (χ3n) is 14.6. The quantitative estimate of drug-likeness (QED) is 0.133. The molecule has 0 amide bonds. The molecule has 8 aromatic carbocycles. The number of benzene rings is 8. The summed E-state index contributed by atoms with van der Waals surface area (Å²) in [5, 5.41) is 0. The van der Waals surface area contributed by atoms with Gasteiger partial charge in [0.1, 0.15) is 0 Å². The molecule has 0 radical (unpaired) electrons. The van der Waals surface area contributed by atoms with Gasteiger partial charge < -0.3 is 24.8 Å². The van der Waals surface area contributed by atoms with E-state index in [-0.39, 0.29) is 35.8 Å². The van der Waals surface area contributed by atoms with E-state index >= 15 is 0 Å². The van der Waals surface area contributed by atoms with E-state index in [1.54, 1.807) is 22.3 Å². The Hall–Kier alpha value is -4.53. The Bertz CT molecular complexity index is 2940. The van der Waals surface area contributed by atoms with Crippen LogP contribution in [0.25, 0.3) is 68.8 Å². The molecular formula is C64H56Cl2Hf2Si2-2. The Morgan fingerprint density at radius 2 is 0.486 bits per heavy atom. The minimum atomic E-state index is -2.14. The summed E-state index contributed by atoms with van der Waals surface area (Å²) in [6.45, 7) is 10.4. The van der Waals surface area contributed by atoms with Gasteiger partial charge in [0.05, 0.1) is 0 Å². The third-order valence-corrected chi connectivity index (χ3v) is 68.8. The second kappa shape index (κ2) is 22.5. The van der Waals surface area contributed by atoms with Gasteiger partial charge >= 0.3 is 424 Å². The molecule has 12 rings (SSSR count). The van der Waals surface area contributed by atoms with Gasteiger partial charge in [-0.2, -0.15) is 0 Å². The molecule has 344 valence electrons. The van der Waals surface area contributed by atoms with E-state index in [0.29, 0.717) is 14.7 Å². The maximum atomic E-state index is 2.59. The first-order chi connectivity index (χ1) is 33.4. The molecule has 0 aliphatic heterocycles. The molecule has 0 bridgehead atoms. The minimum Gasteiger partial charge on any atom is -1.00 e. The first-order valence-electron chi connectivity index (χ1n) is 24.2. The number of hydrogen-bond donors (Lipinski definition) is 0. The van der Waals surface area contributed by atoms with Crippen molar-refractivity contribution in [2.24, 2.45) is 0 Å². The van der Waals surface area contributed by atoms with Crippen LogP contribution >= 0.6 is 0 Å². The smallest absolute Gasteiger partial charge is 1.00 e. The van der Waals surface area contributed by atoms with E-state index in [1.807, 2.05) is 0 Å². The van der Waals surface area contributed by atoms with E-state index in [1.165, 1.54) is 66.8 Å². The van der Waals surface area contributed by atoms with Gasteiger partial charge in [0, 0.05) is 0 Å². The topological polar surface area (TPSA) is 0 Å². The van der Waals surface area contributed by atoms with Gasteiger partial charge in [-0.25, -0.2) is 0 Å². The first kappa shape index (κ1) is 50.4. The summed E-state index contributed by atoms with van der Waals surface area (Å²) in [5.74, 6) is 0. The van der Waals surface area contributed by atoms with Crippen molar-refractivity contribution >= 4 is 35.3 Å². The van der Waals surface area contributed by atoms with Gasteiger partial charge in [-0.05, 0) is 0 Å². The van der Waals surface area contributed by atoms with Crippen molar-refractivity contribution in [2.75, 3.05) is 0 Å². The molecule has 0 heterocycles. The number of rotatable bonds is 8. The fourth-order valence-electron chi connectivity index (χ4n) is 11.5. The molecule has 0 saturated heterocycles. The molecular weight excluding hydrogens is 1250 g/mol. The van der Waals surface area contributed by atoms with E-state index in [9.17, 15) is 0 Å². The predicted molar refractivity (Wildman–Crippen MR) is 290 cm³/mol. The number of halogens is 2. The molecule has 6 heteroatoms. The molecule has 0 nitrogen and oxygen atoms in total. The van der Waals surface area contributed by atoms with Crippen LogP contribution in [-0.4, -0.2) is 11.0 Å². The molecule has 4 aliphatic carbocycles. The monoisotopic (exact) mass is 1310 g/mol. The largest absolute Gasteiger partial charge is 1.00 e. The summed E-state index contributed by atoms with van der Waals surface area (Å²) in [6, 6.07) is 71.6. The number of hydrogen-bond acceptors (Lipinski definition) is 0. The normalized spacial score (nSPS) is 17.0. The Morgan fingerprint density at radius 3 is 0.686 bits per heavy atom. The summed E-state index contributed by atoms with van der Waals surface area (Å²) in [5.41, 5.74) is 22.3. The van der Waals surface area contributed by atoms with Crippen LogP contribution in [0, 0.1) is 0 Å². The zero-order valence-electron chi connectivity index (χ0n) is 40.2. The van der Waals surface area contributed by atoms with Gasteiger partial charge in [0.2, 0.25) is 0 Å². The van der Waals surface area contributed by atoms with Crippen molar-refractivity contribution in [1.82, 2.24) is 0 Å². The Labute approximate surface area is 444 Å². The molecule has 70 heavy (non-hydrogen) atoms. The molecule has 8 aromatic rings. The maximum Gasteiger partial charge on any atom is -1.00 e. The second-order valence-electron chi connectivity index (χ2n) is 19.0. The molecule has 0 spiro atoms. The Morgan fingerprint density at radius 1 is 0.271 bits per heavy atom. The minimum absolute atomic E-state index is 0. The van der Waals surface area contributed by atoms with E-state index < -0.39 is 40.1 Å². The summed E-state index contributed by atoms with van der Waals surface area (Å²) < 4.78 is 2.70. The van der Waals surface area contributed by atoms with E-state index in [0.717, 1.165) is 0 Å². The van der Waals surface area contributed by atoms with Gasteiger partial charge in [0.25, 0.3) is 0 Å². The van der Waals surface area contributed by atoms with Crippen LogP contribution in [0.1, 0.15) is 59.2 Å². The summed E-state index contributed by atoms with van der Waals surface area (Å²) in [4.78, 5) is 0. The molecule has 0 fully saturated rings.